The first-order valence-corrected chi connectivity index (χ1v) is 7.06. The van der Waals surface area contributed by atoms with Crippen LogP contribution in [-0.4, -0.2) is 19.9 Å². The molecule has 3 rings (SSSR count). The minimum atomic E-state index is -0.150. The van der Waals surface area contributed by atoms with Gasteiger partial charge in [0.25, 0.3) is 0 Å². The van der Waals surface area contributed by atoms with Crippen molar-refractivity contribution in [3.05, 3.63) is 39.8 Å². The highest BCUT2D eigenvalue weighted by atomic mass is 32.2. The van der Waals surface area contributed by atoms with Crippen LogP contribution in [0.2, 0.25) is 0 Å². The first kappa shape index (κ1) is 12.5. The molecular formula is C13H15N3O2S. The number of nitrogens with one attached hydrogen (secondary N) is 1. The van der Waals surface area contributed by atoms with Crippen LogP contribution in [0, 0.1) is 6.92 Å². The third-order valence-electron chi connectivity index (χ3n) is 3.17. The van der Waals surface area contributed by atoms with Crippen LogP contribution in [0.5, 0.6) is 0 Å². The highest BCUT2D eigenvalue weighted by Gasteiger charge is 2.28. The van der Waals surface area contributed by atoms with Crippen LogP contribution < -0.4 is 5.69 Å². The minimum Gasteiger partial charge on any atom is -0.392 e. The lowest BCUT2D eigenvalue weighted by Gasteiger charge is -2.08. The summed E-state index contributed by atoms with van der Waals surface area (Å²) in [4.78, 5) is 12.6. The summed E-state index contributed by atoms with van der Waals surface area (Å²) in [6, 6.07) is 6.20. The maximum absolute atomic E-state index is 11.7. The van der Waals surface area contributed by atoms with Crippen LogP contribution in [0.3, 0.4) is 0 Å². The van der Waals surface area contributed by atoms with Crippen molar-refractivity contribution in [1.82, 2.24) is 14.8 Å². The van der Waals surface area contributed by atoms with Gasteiger partial charge in [-0.1, -0.05) is 17.7 Å². The van der Waals surface area contributed by atoms with Gasteiger partial charge in [-0.2, -0.15) is 0 Å². The van der Waals surface area contributed by atoms with Crippen LogP contribution in [0.25, 0.3) is 0 Å². The predicted molar refractivity (Wildman–Crippen MR) is 72.3 cm³/mol. The molecule has 0 saturated heterocycles. The van der Waals surface area contributed by atoms with Crippen molar-refractivity contribution in [2.75, 3.05) is 0 Å². The average Bonchev–Trinajstić information content (AvgIpc) is 3.17. The third kappa shape index (κ3) is 2.46. The first-order valence-electron chi connectivity index (χ1n) is 6.24. The van der Waals surface area contributed by atoms with Crippen molar-refractivity contribution in [3.63, 3.8) is 0 Å². The number of aromatic amines is 1. The Morgan fingerprint density at radius 3 is 3.00 bits per heavy atom. The van der Waals surface area contributed by atoms with Gasteiger partial charge in [0.2, 0.25) is 0 Å². The lowest BCUT2D eigenvalue weighted by Crippen LogP contribution is -2.16. The number of aryl methyl sites for hydroxylation is 1. The number of aromatic nitrogens is 3. The van der Waals surface area contributed by atoms with Crippen LogP contribution in [0.4, 0.5) is 0 Å². The molecule has 0 spiro atoms. The summed E-state index contributed by atoms with van der Waals surface area (Å²) >= 11 is 1.42. The Morgan fingerprint density at radius 2 is 2.32 bits per heavy atom. The highest BCUT2D eigenvalue weighted by Crippen LogP contribution is 2.38. The normalized spacial score (nSPS) is 14.8. The Bertz CT molecular complexity index is 658. The molecule has 0 unspecified atom stereocenters. The lowest BCUT2D eigenvalue weighted by molar-refractivity contribution is 0.279. The van der Waals surface area contributed by atoms with E-state index in [0.29, 0.717) is 5.16 Å². The molecule has 0 radical (unpaired) electrons. The summed E-state index contributed by atoms with van der Waals surface area (Å²) in [6.07, 6.45) is 2.07. The predicted octanol–water partition coefficient (Wildman–Crippen LogP) is 1.86. The largest absolute Gasteiger partial charge is 0.392 e. The third-order valence-corrected chi connectivity index (χ3v) is 4.26. The Morgan fingerprint density at radius 1 is 1.53 bits per heavy atom. The Balaban J connectivity index is 1.95. The molecule has 0 bridgehead atoms. The van der Waals surface area contributed by atoms with Crippen LogP contribution in [0.1, 0.15) is 30.0 Å². The van der Waals surface area contributed by atoms with Crippen LogP contribution >= 0.6 is 11.8 Å². The minimum absolute atomic E-state index is 0.0118. The van der Waals surface area contributed by atoms with Crippen molar-refractivity contribution in [3.8, 4) is 0 Å². The van der Waals surface area contributed by atoms with E-state index < -0.39 is 0 Å². The van der Waals surface area contributed by atoms with Crippen LogP contribution in [0.15, 0.2) is 33.0 Å². The second-order valence-electron chi connectivity index (χ2n) is 4.78. The van der Waals surface area contributed by atoms with Gasteiger partial charge in [-0.15, -0.1) is 5.10 Å². The summed E-state index contributed by atoms with van der Waals surface area (Å²) < 4.78 is 1.71. The molecule has 2 aromatic rings. The monoisotopic (exact) mass is 277 g/mol. The van der Waals surface area contributed by atoms with Gasteiger partial charge in [0.05, 0.1) is 6.61 Å². The fraction of sp³-hybridized carbons (Fsp3) is 0.385. The van der Waals surface area contributed by atoms with E-state index in [1.165, 1.54) is 11.8 Å². The maximum atomic E-state index is 11.7. The molecule has 0 aliphatic heterocycles. The number of hydrogen-bond acceptors (Lipinski definition) is 4. The second kappa shape index (κ2) is 4.86. The van der Waals surface area contributed by atoms with E-state index in [-0.39, 0.29) is 18.3 Å². The van der Waals surface area contributed by atoms with E-state index in [4.69, 9.17) is 0 Å². The Hall–Kier alpha value is -1.53. The number of aliphatic hydroxyl groups is 1. The molecule has 6 heteroatoms. The van der Waals surface area contributed by atoms with Gasteiger partial charge in [0.1, 0.15) is 0 Å². The molecule has 1 aliphatic rings. The molecule has 1 saturated carbocycles. The molecule has 5 nitrogen and oxygen atoms in total. The second-order valence-corrected chi connectivity index (χ2v) is 5.79. The van der Waals surface area contributed by atoms with Gasteiger partial charge >= 0.3 is 5.69 Å². The quantitative estimate of drug-likeness (QED) is 0.895. The molecule has 2 N–H and O–H groups in total. The van der Waals surface area contributed by atoms with Gasteiger partial charge in [0.15, 0.2) is 5.16 Å². The molecule has 1 fully saturated rings. The van der Waals surface area contributed by atoms with E-state index in [9.17, 15) is 9.90 Å². The lowest BCUT2D eigenvalue weighted by atomic mass is 10.1. The number of hydrogen-bond donors (Lipinski definition) is 2. The van der Waals surface area contributed by atoms with E-state index in [1.807, 2.05) is 25.1 Å². The van der Waals surface area contributed by atoms with Crippen molar-refractivity contribution in [2.45, 2.75) is 42.5 Å². The van der Waals surface area contributed by atoms with Crippen molar-refractivity contribution < 1.29 is 5.11 Å². The fourth-order valence-corrected chi connectivity index (χ4v) is 3.06. The summed E-state index contributed by atoms with van der Waals surface area (Å²) in [5.74, 6) is 0. The average molecular weight is 277 g/mol. The maximum Gasteiger partial charge on any atom is 0.344 e. The summed E-state index contributed by atoms with van der Waals surface area (Å²) in [5.41, 5.74) is 1.82. The van der Waals surface area contributed by atoms with E-state index in [2.05, 4.69) is 10.2 Å². The Labute approximate surface area is 114 Å². The van der Waals surface area contributed by atoms with Crippen molar-refractivity contribution in [2.24, 2.45) is 0 Å². The molecule has 0 amide bonds. The zero-order chi connectivity index (χ0) is 13.4. The van der Waals surface area contributed by atoms with Gasteiger partial charge in [0, 0.05) is 10.9 Å². The zero-order valence-electron chi connectivity index (χ0n) is 10.6. The molecule has 100 valence electrons. The number of aliphatic hydroxyl groups excluding tert-OH is 1. The van der Waals surface area contributed by atoms with Crippen LogP contribution in [-0.2, 0) is 6.61 Å². The van der Waals surface area contributed by atoms with Crippen molar-refractivity contribution in [1.29, 1.82) is 0 Å². The molecule has 1 aromatic heterocycles. The van der Waals surface area contributed by atoms with E-state index >= 15 is 0 Å². The highest BCUT2D eigenvalue weighted by molar-refractivity contribution is 7.99. The topological polar surface area (TPSA) is 70.9 Å². The molecule has 1 aromatic carbocycles. The van der Waals surface area contributed by atoms with Crippen molar-refractivity contribution >= 4 is 11.8 Å². The Kier molecular flexibility index (Phi) is 3.20. The number of rotatable bonds is 4. The van der Waals surface area contributed by atoms with Gasteiger partial charge in [-0.3, -0.25) is 4.57 Å². The van der Waals surface area contributed by atoms with E-state index in [0.717, 1.165) is 28.9 Å². The molecule has 1 heterocycles. The van der Waals surface area contributed by atoms with E-state index in [1.54, 1.807) is 4.57 Å². The molecule has 0 atom stereocenters. The fourth-order valence-electron chi connectivity index (χ4n) is 2.05. The molecule has 19 heavy (non-hydrogen) atoms. The summed E-state index contributed by atoms with van der Waals surface area (Å²) in [5, 5.41) is 16.7. The smallest absolute Gasteiger partial charge is 0.344 e. The van der Waals surface area contributed by atoms with Gasteiger partial charge < -0.3 is 5.11 Å². The number of H-pyrrole nitrogens is 1. The first-order chi connectivity index (χ1) is 9.19. The van der Waals surface area contributed by atoms with Gasteiger partial charge in [-0.05, 0) is 43.2 Å². The number of benzene rings is 1. The summed E-state index contributed by atoms with van der Waals surface area (Å²) in [7, 11) is 0. The summed E-state index contributed by atoms with van der Waals surface area (Å²) in [6.45, 7) is 1.98. The van der Waals surface area contributed by atoms with Gasteiger partial charge in [-0.25, -0.2) is 9.89 Å². The molecule has 1 aliphatic carbocycles. The zero-order valence-corrected chi connectivity index (χ0v) is 11.4. The standard InChI is InChI=1S/C13H15N3O2S/c1-8-2-5-11(9(6-8)7-17)19-13-15-14-12(18)16(13)10-3-4-10/h2,5-6,10,17H,3-4,7H2,1H3,(H,14,18). The molecular weight excluding hydrogens is 262 g/mol. The number of nitrogens with zero attached hydrogens (tertiary/aromatic N) is 2. The SMILES string of the molecule is Cc1ccc(Sc2n[nH]c(=O)n2C2CC2)c(CO)c1.